The van der Waals surface area contributed by atoms with Gasteiger partial charge in [-0.15, -0.1) is 0 Å². The highest BCUT2D eigenvalue weighted by Crippen LogP contribution is 2.27. The molecule has 2 aromatic rings. The lowest BCUT2D eigenvalue weighted by Gasteiger charge is -2.10. The Balaban J connectivity index is 2.09. The molecule has 6 heteroatoms. The Morgan fingerprint density at radius 2 is 1.90 bits per heavy atom. The third-order valence-electron chi connectivity index (χ3n) is 2.98. The summed E-state index contributed by atoms with van der Waals surface area (Å²) < 4.78 is 11.7. The van der Waals surface area contributed by atoms with Crippen LogP contribution in [0.4, 0.5) is 5.69 Å². The highest BCUT2D eigenvalue weighted by molar-refractivity contribution is 9.10. The van der Waals surface area contributed by atoms with Crippen LogP contribution in [0.1, 0.15) is 11.1 Å². The zero-order valence-corrected chi connectivity index (χ0v) is 13.2. The van der Waals surface area contributed by atoms with E-state index in [2.05, 4.69) is 15.9 Å². The SMILES string of the molecule is COc1ccc(COc2ccc([N+](=O)[O-])cc2C)cc1Br. The number of aryl methyl sites for hydroxylation is 1. The number of benzene rings is 2. The first-order chi connectivity index (χ1) is 10.0. The van der Waals surface area contributed by atoms with Gasteiger partial charge in [-0.05, 0) is 52.2 Å². The minimum atomic E-state index is -0.419. The predicted molar refractivity (Wildman–Crippen MR) is 82.9 cm³/mol. The van der Waals surface area contributed by atoms with Gasteiger partial charge in [-0.25, -0.2) is 0 Å². The summed E-state index contributed by atoms with van der Waals surface area (Å²) >= 11 is 3.42. The number of non-ortho nitro benzene ring substituents is 1. The van der Waals surface area contributed by atoms with Gasteiger partial charge in [0.15, 0.2) is 0 Å². The Labute approximate surface area is 130 Å². The molecule has 110 valence electrons. The Morgan fingerprint density at radius 1 is 1.19 bits per heavy atom. The van der Waals surface area contributed by atoms with Crippen LogP contribution in [-0.4, -0.2) is 12.0 Å². The summed E-state index contributed by atoms with van der Waals surface area (Å²) in [5.74, 6) is 1.39. The molecule has 0 fully saturated rings. The quantitative estimate of drug-likeness (QED) is 0.596. The molecule has 0 atom stereocenters. The molecule has 0 radical (unpaired) electrons. The molecule has 0 aliphatic rings. The van der Waals surface area contributed by atoms with Crippen LogP contribution >= 0.6 is 15.9 Å². The third-order valence-corrected chi connectivity index (χ3v) is 3.60. The number of rotatable bonds is 5. The number of nitro benzene ring substituents is 1. The van der Waals surface area contributed by atoms with Crippen LogP contribution in [0.5, 0.6) is 11.5 Å². The number of hydrogen-bond donors (Lipinski definition) is 0. The van der Waals surface area contributed by atoms with Crippen LogP contribution in [0.15, 0.2) is 40.9 Å². The van der Waals surface area contributed by atoms with Crippen LogP contribution in [0, 0.1) is 17.0 Å². The minimum absolute atomic E-state index is 0.0621. The molecule has 0 heterocycles. The number of nitro groups is 1. The third kappa shape index (κ3) is 3.72. The maximum Gasteiger partial charge on any atom is 0.269 e. The summed E-state index contributed by atoms with van der Waals surface area (Å²) in [5, 5.41) is 10.7. The van der Waals surface area contributed by atoms with Gasteiger partial charge in [0.1, 0.15) is 18.1 Å². The second-order valence-corrected chi connectivity index (χ2v) is 5.32. The molecule has 0 aliphatic heterocycles. The fourth-order valence-corrected chi connectivity index (χ4v) is 2.46. The summed E-state index contributed by atoms with van der Waals surface area (Å²) in [6, 6.07) is 10.2. The van der Waals surface area contributed by atoms with Crippen molar-refractivity contribution in [1.29, 1.82) is 0 Å². The number of nitrogens with zero attached hydrogens (tertiary/aromatic N) is 1. The fraction of sp³-hybridized carbons (Fsp3) is 0.200. The Hall–Kier alpha value is -2.08. The van der Waals surface area contributed by atoms with E-state index in [0.29, 0.717) is 12.4 Å². The van der Waals surface area contributed by atoms with Crippen molar-refractivity contribution in [3.05, 3.63) is 62.1 Å². The molecule has 0 spiro atoms. The summed E-state index contributed by atoms with van der Waals surface area (Å²) in [4.78, 5) is 10.3. The molecule has 21 heavy (non-hydrogen) atoms. The van der Waals surface area contributed by atoms with Gasteiger partial charge in [0.05, 0.1) is 16.5 Å². The molecule has 0 aliphatic carbocycles. The summed E-state index contributed by atoms with van der Waals surface area (Å²) in [7, 11) is 1.61. The van der Waals surface area contributed by atoms with Crippen molar-refractivity contribution in [2.24, 2.45) is 0 Å². The number of halogens is 1. The highest BCUT2D eigenvalue weighted by atomic mass is 79.9. The topological polar surface area (TPSA) is 61.6 Å². The Kier molecular flexibility index (Phi) is 4.80. The molecular weight excluding hydrogens is 338 g/mol. The first-order valence-electron chi connectivity index (χ1n) is 6.21. The van der Waals surface area contributed by atoms with Crippen molar-refractivity contribution in [3.8, 4) is 11.5 Å². The van der Waals surface area contributed by atoms with Crippen LogP contribution in [-0.2, 0) is 6.61 Å². The van der Waals surface area contributed by atoms with Gasteiger partial charge in [-0.1, -0.05) is 6.07 Å². The van der Waals surface area contributed by atoms with Crippen LogP contribution in [0.2, 0.25) is 0 Å². The lowest BCUT2D eigenvalue weighted by Crippen LogP contribution is -1.98. The van der Waals surface area contributed by atoms with Crippen LogP contribution < -0.4 is 9.47 Å². The molecule has 0 N–H and O–H groups in total. The van der Waals surface area contributed by atoms with E-state index in [0.717, 1.165) is 21.3 Å². The van der Waals surface area contributed by atoms with E-state index in [9.17, 15) is 10.1 Å². The maximum atomic E-state index is 10.7. The fourth-order valence-electron chi connectivity index (χ4n) is 1.87. The second kappa shape index (κ2) is 6.58. The summed E-state index contributed by atoms with van der Waals surface area (Å²) in [6.07, 6.45) is 0. The first-order valence-corrected chi connectivity index (χ1v) is 7.01. The predicted octanol–water partition coefficient (Wildman–Crippen LogP) is 4.25. The van der Waals surface area contributed by atoms with E-state index in [4.69, 9.17) is 9.47 Å². The number of methoxy groups -OCH3 is 1. The largest absolute Gasteiger partial charge is 0.496 e. The van der Waals surface area contributed by atoms with E-state index < -0.39 is 4.92 Å². The average molecular weight is 352 g/mol. The normalized spacial score (nSPS) is 10.2. The van der Waals surface area contributed by atoms with Gasteiger partial charge in [0, 0.05) is 12.1 Å². The van der Waals surface area contributed by atoms with E-state index >= 15 is 0 Å². The smallest absolute Gasteiger partial charge is 0.269 e. The van der Waals surface area contributed by atoms with E-state index in [-0.39, 0.29) is 5.69 Å². The van der Waals surface area contributed by atoms with E-state index in [1.54, 1.807) is 20.1 Å². The van der Waals surface area contributed by atoms with Gasteiger partial charge < -0.3 is 9.47 Å². The monoisotopic (exact) mass is 351 g/mol. The van der Waals surface area contributed by atoms with Crippen LogP contribution in [0.25, 0.3) is 0 Å². The Morgan fingerprint density at radius 3 is 2.48 bits per heavy atom. The van der Waals surface area contributed by atoms with Crippen LogP contribution in [0.3, 0.4) is 0 Å². The summed E-state index contributed by atoms with van der Waals surface area (Å²) in [5.41, 5.74) is 1.77. The summed E-state index contributed by atoms with van der Waals surface area (Å²) in [6.45, 7) is 2.16. The van der Waals surface area contributed by atoms with Gasteiger partial charge in [0.25, 0.3) is 5.69 Å². The standard InChI is InChI=1S/C15H14BrNO4/c1-10-7-12(17(18)19)4-6-14(10)21-9-11-3-5-15(20-2)13(16)8-11/h3-8H,9H2,1-2H3. The minimum Gasteiger partial charge on any atom is -0.496 e. The molecule has 2 aromatic carbocycles. The van der Waals surface area contributed by atoms with E-state index in [1.807, 2.05) is 18.2 Å². The lowest BCUT2D eigenvalue weighted by atomic mass is 10.2. The van der Waals surface area contributed by atoms with E-state index in [1.165, 1.54) is 12.1 Å². The molecule has 0 saturated heterocycles. The highest BCUT2D eigenvalue weighted by Gasteiger charge is 2.09. The number of ether oxygens (including phenoxy) is 2. The van der Waals surface area contributed by atoms with Gasteiger partial charge >= 0.3 is 0 Å². The molecule has 2 rings (SSSR count). The van der Waals surface area contributed by atoms with Crippen molar-refractivity contribution in [3.63, 3.8) is 0 Å². The van der Waals surface area contributed by atoms with Crippen molar-refractivity contribution < 1.29 is 14.4 Å². The number of hydrogen-bond acceptors (Lipinski definition) is 4. The zero-order valence-electron chi connectivity index (χ0n) is 11.6. The average Bonchev–Trinajstić information content (AvgIpc) is 2.46. The zero-order chi connectivity index (χ0) is 15.4. The van der Waals surface area contributed by atoms with Crippen molar-refractivity contribution in [2.45, 2.75) is 13.5 Å². The van der Waals surface area contributed by atoms with Gasteiger partial charge in [-0.3, -0.25) is 10.1 Å². The van der Waals surface area contributed by atoms with Crippen molar-refractivity contribution >= 4 is 21.6 Å². The van der Waals surface area contributed by atoms with Crippen molar-refractivity contribution in [1.82, 2.24) is 0 Å². The molecule has 0 bridgehead atoms. The Bertz CT molecular complexity index is 673. The first kappa shape index (κ1) is 15.3. The molecule has 0 unspecified atom stereocenters. The van der Waals surface area contributed by atoms with Gasteiger partial charge in [-0.2, -0.15) is 0 Å². The molecule has 0 saturated carbocycles. The molecule has 5 nitrogen and oxygen atoms in total. The molecular formula is C15H14BrNO4. The lowest BCUT2D eigenvalue weighted by molar-refractivity contribution is -0.384. The molecule has 0 amide bonds. The van der Waals surface area contributed by atoms with Crippen molar-refractivity contribution in [2.75, 3.05) is 7.11 Å². The maximum absolute atomic E-state index is 10.7. The second-order valence-electron chi connectivity index (χ2n) is 4.46. The van der Waals surface area contributed by atoms with Gasteiger partial charge in [0.2, 0.25) is 0 Å². The molecule has 0 aromatic heterocycles.